The molecule has 0 saturated heterocycles. The highest BCUT2D eigenvalue weighted by Gasteiger charge is 2.40. The van der Waals surface area contributed by atoms with E-state index in [2.05, 4.69) is 13.8 Å². The van der Waals surface area contributed by atoms with Crippen LogP contribution in [0.3, 0.4) is 0 Å². The molecule has 0 bridgehead atoms. The van der Waals surface area contributed by atoms with Crippen molar-refractivity contribution >= 4 is 23.1 Å². The number of aryl methyl sites for hydroxylation is 1. The summed E-state index contributed by atoms with van der Waals surface area (Å²) in [4.78, 5) is 26.2. The van der Waals surface area contributed by atoms with Gasteiger partial charge in [0.2, 0.25) is 0 Å². The molecule has 0 atom stereocenters. The molecule has 3 rings (SSSR count). The zero-order valence-electron chi connectivity index (χ0n) is 15.0. The van der Waals surface area contributed by atoms with Crippen LogP contribution in [0.2, 0.25) is 0 Å². The lowest BCUT2D eigenvalue weighted by Gasteiger charge is -2.15. The summed E-state index contributed by atoms with van der Waals surface area (Å²) in [7, 11) is 0. The summed E-state index contributed by atoms with van der Waals surface area (Å²) in [5, 5.41) is 10.2. The van der Waals surface area contributed by atoms with Crippen LogP contribution in [-0.4, -0.2) is 23.5 Å². The SMILES string of the molecule is Cc1ccc(C2=C(O)C(=O)N(c3ccc(OCC(C)C)cc3)C2=O)cc1. The minimum atomic E-state index is -0.721. The van der Waals surface area contributed by atoms with Crippen molar-refractivity contribution in [1.82, 2.24) is 0 Å². The van der Waals surface area contributed by atoms with Crippen molar-refractivity contribution in [2.45, 2.75) is 20.8 Å². The molecule has 134 valence electrons. The predicted molar refractivity (Wildman–Crippen MR) is 100.0 cm³/mol. The predicted octanol–water partition coefficient (Wildman–Crippen LogP) is 3.87. The van der Waals surface area contributed by atoms with E-state index in [-0.39, 0.29) is 5.57 Å². The molecule has 0 radical (unpaired) electrons. The number of hydrogen-bond acceptors (Lipinski definition) is 4. The Morgan fingerprint density at radius 1 is 0.962 bits per heavy atom. The Hall–Kier alpha value is -3.08. The number of nitrogens with zero attached hydrogens (tertiary/aromatic N) is 1. The maximum absolute atomic E-state index is 12.8. The maximum atomic E-state index is 12.8. The van der Waals surface area contributed by atoms with Gasteiger partial charge in [0, 0.05) is 0 Å². The van der Waals surface area contributed by atoms with Crippen molar-refractivity contribution in [1.29, 1.82) is 0 Å². The number of aliphatic hydroxyl groups excluding tert-OH is 1. The van der Waals surface area contributed by atoms with E-state index >= 15 is 0 Å². The van der Waals surface area contributed by atoms with Gasteiger partial charge in [0.1, 0.15) is 5.75 Å². The Bertz CT molecular complexity index is 864. The molecular weight excluding hydrogens is 330 g/mol. The highest BCUT2D eigenvalue weighted by atomic mass is 16.5. The molecule has 0 aromatic heterocycles. The molecular formula is C21H21NO4. The fraction of sp³-hybridized carbons (Fsp3) is 0.238. The van der Waals surface area contributed by atoms with Crippen molar-refractivity contribution in [3.8, 4) is 5.75 Å². The zero-order valence-corrected chi connectivity index (χ0v) is 15.0. The normalized spacial score (nSPS) is 14.5. The summed E-state index contributed by atoms with van der Waals surface area (Å²) >= 11 is 0. The van der Waals surface area contributed by atoms with Crippen molar-refractivity contribution in [3.63, 3.8) is 0 Å². The largest absolute Gasteiger partial charge is 0.502 e. The molecule has 0 aliphatic carbocycles. The molecule has 26 heavy (non-hydrogen) atoms. The zero-order chi connectivity index (χ0) is 18.8. The van der Waals surface area contributed by atoms with Gasteiger partial charge in [-0.2, -0.15) is 0 Å². The fourth-order valence-electron chi connectivity index (χ4n) is 2.69. The van der Waals surface area contributed by atoms with Crippen molar-refractivity contribution in [2.24, 2.45) is 5.92 Å². The van der Waals surface area contributed by atoms with Gasteiger partial charge in [0.05, 0.1) is 17.9 Å². The minimum Gasteiger partial charge on any atom is -0.502 e. The van der Waals surface area contributed by atoms with E-state index < -0.39 is 17.6 Å². The van der Waals surface area contributed by atoms with E-state index in [4.69, 9.17) is 4.74 Å². The molecule has 0 fully saturated rings. The fourth-order valence-corrected chi connectivity index (χ4v) is 2.69. The first kappa shape index (κ1) is 17.7. The Morgan fingerprint density at radius 2 is 1.58 bits per heavy atom. The molecule has 5 nitrogen and oxygen atoms in total. The lowest BCUT2D eigenvalue weighted by atomic mass is 10.0. The summed E-state index contributed by atoms with van der Waals surface area (Å²) in [5.41, 5.74) is 1.96. The van der Waals surface area contributed by atoms with Gasteiger partial charge in [-0.1, -0.05) is 43.7 Å². The first-order chi connectivity index (χ1) is 12.4. The molecule has 1 aliphatic heterocycles. The van der Waals surface area contributed by atoms with Crippen molar-refractivity contribution in [3.05, 3.63) is 65.4 Å². The molecule has 1 heterocycles. The number of carbonyl (C=O) groups excluding carboxylic acids is 2. The Kier molecular flexibility index (Phi) is 4.80. The highest BCUT2D eigenvalue weighted by Crippen LogP contribution is 2.32. The maximum Gasteiger partial charge on any atom is 0.301 e. The molecule has 1 N–H and O–H groups in total. The number of hydrogen-bond donors (Lipinski definition) is 1. The Labute approximate surface area is 152 Å². The standard InChI is InChI=1S/C21H21NO4/c1-13(2)12-26-17-10-8-16(9-11-17)22-20(24)18(19(23)21(22)25)15-6-4-14(3)5-7-15/h4-11,13,23H,12H2,1-3H3. The van der Waals surface area contributed by atoms with Gasteiger partial charge >= 0.3 is 5.91 Å². The van der Waals surface area contributed by atoms with Crippen LogP contribution in [0.1, 0.15) is 25.0 Å². The summed E-state index contributed by atoms with van der Waals surface area (Å²) in [6.45, 7) is 6.61. The third-order valence-corrected chi connectivity index (χ3v) is 4.08. The Balaban J connectivity index is 1.85. The molecule has 0 saturated carbocycles. The highest BCUT2D eigenvalue weighted by molar-refractivity contribution is 6.44. The van der Waals surface area contributed by atoms with Crippen LogP contribution >= 0.6 is 0 Å². The summed E-state index contributed by atoms with van der Waals surface area (Å²) in [5.74, 6) is -0.722. The number of amides is 2. The molecule has 2 aromatic carbocycles. The van der Waals surface area contributed by atoms with Crippen molar-refractivity contribution < 1.29 is 19.4 Å². The van der Waals surface area contributed by atoms with Crippen molar-refractivity contribution in [2.75, 3.05) is 11.5 Å². The van der Waals surface area contributed by atoms with Crippen LogP contribution in [0, 0.1) is 12.8 Å². The quantitative estimate of drug-likeness (QED) is 0.831. The molecule has 0 spiro atoms. The first-order valence-corrected chi connectivity index (χ1v) is 8.50. The molecule has 2 amide bonds. The lowest BCUT2D eigenvalue weighted by Crippen LogP contribution is -2.31. The Morgan fingerprint density at radius 3 is 2.15 bits per heavy atom. The monoisotopic (exact) mass is 351 g/mol. The third kappa shape index (κ3) is 3.33. The number of anilines is 1. The second kappa shape index (κ2) is 7.04. The molecule has 0 unspecified atom stereocenters. The van der Waals surface area contributed by atoms with E-state index in [1.54, 1.807) is 36.4 Å². The number of imide groups is 1. The topological polar surface area (TPSA) is 66.8 Å². The van der Waals surface area contributed by atoms with Gasteiger partial charge in [0.15, 0.2) is 5.76 Å². The molecule has 1 aliphatic rings. The van der Waals surface area contributed by atoms with E-state index in [0.29, 0.717) is 29.5 Å². The average molecular weight is 351 g/mol. The number of ether oxygens (including phenoxy) is 1. The second-order valence-corrected chi connectivity index (χ2v) is 6.73. The van der Waals surface area contributed by atoms with E-state index in [9.17, 15) is 14.7 Å². The molecule has 5 heteroatoms. The number of benzene rings is 2. The van der Waals surface area contributed by atoms with Gasteiger partial charge in [-0.15, -0.1) is 0 Å². The van der Waals surface area contributed by atoms with Crippen LogP contribution in [0.15, 0.2) is 54.3 Å². The number of rotatable bonds is 5. The van der Waals surface area contributed by atoms with E-state index in [0.717, 1.165) is 10.5 Å². The lowest BCUT2D eigenvalue weighted by molar-refractivity contribution is -0.121. The van der Waals surface area contributed by atoms with Gasteiger partial charge in [0.25, 0.3) is 5.91 Å². The smallest absolute Gasteiger partial charge is 0.301 e. The van der Waals surface area contributed by atoms with Gasteiger partial charge in [-0.05, 0) is 42.7 Å². The average Bonchev–Trinajstić information content (AvgIpc) is 2.84. The van der Waals surface area contributed by atoms with Crippen LogP contribution in [0.4, 0.5) is 5.69 Å². The van der Waals surface area contributed by atoms with Crippen LogP contribution < -0.4 is 9.64 Å². The first-order valence-electron chi connectivity index (χ1n) is 8.50. The van der Waals surface area contributed by atoms with Gasteiger partial charge in [-0.25, -0.2) is 4.90 Å². The summed E-state index contributed by atoms with van der Waals surface area (Å²) < 4.78 is 5.61. The van der Waals surface area contributed by atoms with E-state index in [1.165, 1.54) is 0 Å². The van der Waals surface area contributed by atoms with Crippen LogP contribution in [0.5, 0.6) is 5.75 Å². The van der Waals surface area contributed by atoms with E-state index in [1.807, 2.05) is 19.1 Å². The second-order valence-electron chi connectivity index (χ2n) is 6.73. The minimum absolute atomic E-state index is 0.0233. The van der Waals surface area contributed by atoms with Crippen LogP contribution in [-0.2, 0) is 9.59 Å². The third-order valence-electron chi connectivity index (χ3n) is 4.08. The van der Waals surface area contributed by atoms with Gasteiger partial charge in [-0.3, -0.25) is 9.59 Å². The van der Waals surface area contributed by atoms with Crippen LogP contribution in [0.25, 0.3) is 5.57 Å². The number of aliphatic hydroxyl groups is 1. The number of carbonyl (C=O) groups is 2. The summed E-state index contributed by atoms with van der Waals surface area (Å²) in [6.07, 6.45) is 0. The summed E-state index contributed by atoms with van der Waals surface area (Å²) in [6, 6.07) is 13.8. The van der Waals surface area contributed by atoms with Gasteiger partial charge < -0.3 is 9.84 Å². The molecule has 2 aromatic rings.